The van der Waals surface area contributed by atoms with Gasteiger partial charge in [0.15, 0.2) is 5.96 Å². The second kappa shape index (κ2) is 9.27. The quantitative estimate of drug-likeness (QED) is 0.460. The molecule has 0 radical (unpaired) electrons. The van der Waals surface area contributed by atoms with Gasteiger partial charge in [-0.05, 0) is 44.4 Å². The van der Waals surface area contributed by atoms with Gasteiger partial charge in [0, 0.05) is 18.5 Å². The molecule has 130 valence electrons. The van der Waals surface area contributed by atoms with E-state index in [0.717, 1.165) is 41.8 Å². The predicted molar refractivity (Wildman–Crippen MR) is 101 cm³/mol. The lowest BCUT2D eigenvalue weighted by molar-refractivity contribution is 0.414. The SMILES string of the molecule is CN=C(NCCCc1cccc(OC)c1)NCc1nc(C)c(C)s1. The molecule has 1 heterocycles. The summed E-state index contributed by atoms with van der Waals surface area (Å²) in [7, 11) is 3.48. The van der Waals surface area contributed by atoms with Crippen LogP contribution in [0.4, 0.5) is 0 Å². The number of benzene rings is 1. The van der Waals surface area contributed by atoms with Crippen LogP contribution in [-0.2, 0) is 13.0 Å². The monoisotopic (exact) mass is 346 g/mol. The summed E-state index contributed by atoms with van der Waals surface area (Å²) in [6.07, 6.45) is 2.04. The first-order valence-electron chi connectivity index (χ1n) is 8.12. The van der Waals surface area contributed by atoms with E-state index in [1.165, 1.54) is 10.4 Å². The van der Waals surface area contributed by atoms with Gasteiger partial charge in [0.2, 0.25) is 0 Å². The Morgan fingerprint density at radius 2 is 2.12 bits per heavy atom. The molecule has 2 N–H and O–H groups in total. The number of aryl methyl sites for hydroxylation is 3. The number of methoxy groups -OCH3 is 1. The van der Waals surface area contributed by atoms with Crippen molar-refractivity contribution in [1.29, 1.82) is 0 Å². The third-order valence-corrected chi connectivity index (χ3v) is 4.85. The standard InChI is InChI=1S/C18H26N4OS/c1-13-14(2)24-17(22-13)12-21-18(19-3)20-10-6-8-15-7-5-9-16(11-15)23-4/h5,7,9,11H,6,8,10,12H2,1-4H3,(H2,19,20,21). The van der Waals surface area contributed by atoms with E-state index in [-0.39, 0.29) is 0 Å². The van der Waals surface area contributed by atoms with E-state index in [9.17, 15) is 0 Å². The molecule has 1 aromatic carbocycles. The average molecular weight is 347 g/mol. The minimum absolute atomic E-state index is 0.703. The summed E-state index contributed by atoms with van der Waals surface area (Å²) in [5.74, 6) is 1.72. The lowest BCUT2D eigenvalue weighted by Gasteiger charge is -2.11. The smallest absolute Gasteiger partial charge is 0.191 e. The molecule has 24 heavy (non-hydrogen) atoms. The second-order valence-corrected chi connectivity index (χ2v) is 6.84. The van der Waals surface area contributed by atoms with Gasteiger partial charge in [0.25, 0.3) is 0 Å². The molecule has 0 spiro atoms. The van der Waals surface area contributed by atoms with E-state index < -0.39 is 0 Å². The third-order valence-electron chi connectivity index (χ3n) is 3.77. The van der Waals surface area contributed by atoms with Crippen LogP contribution in [0.2, 0.25) is 0 Å². The van der Waals surface area contributed by atoms with Gasteiger partial charge in [-0.2, -0.15) is 0 Å². The molecule has 5 nitrogen and oxygen atoms in total. The van der Waals surface area contributed by atoms with E-state index in [1.54, 1.807) is 25.5 Å². The van der Waals surface area contributed by atoms with E-state index in [1.807, 2.05) is 19.1 Å². The van der Waals surface area contributed by atoms with Crippen molar-refractivity contribution in [3.8, 4) is 5.75 Å². The summed E-state index contributed by atoms with van der Waals surface area (Å²) in [6.45, 7) is 5.71. The lowest BCUT2D eigenvalue weighted by atomic mass is 10.1. The zero-order valence-electron chi connectivity index (χ0n) is 14.8. The van der Waals surface area contributed by atoms with Gasteiger partial charge >= 0.3 is 0 Å². The maximum absolute atomic E-state index is 5.25. The number of aliphatic imine (C=N–C) groups is 1. The molecule has 0 aliphatic heterocycles. The topological polar surface area (TPSA) is 58.5 Å². The van der Waals surface area contributed by atoms with Crippen LogP contribution in [-0.4, -0.2) is 31.6 Å². The Labute approximate surface area is 148 Å². The Morgan fingerprint density at radius 3 is 2.79 bits per heavy atom. The molecule has 0 aliphatic rings. The maximum Gasteiger partial charge on any atom is 0.191 e. The summed E-state index contributed by atoms with van der Waals surface area (Å²) in [5, 5.41) is 7.74. The number of nitrogens with one attached hydrogen (secondary N) is 2. The molecule has 0 fully saturated rings. The van der Waals surface area contributed by atoms with Crippen LogP contribution in [0.25, 0.3) is 0 Å². The number of guanidine groups is 1. The van der Waals surface area contributed by atoms with Crippen molar-refractivity contribution in [2.75, 3.05) is 20.7 Å². The molecular formula is C18H26N4OS. The van der Waals surface area contributed by atoms with E-state index in [4.69, 9.17) is 4.74 Å². The summed E-state index contributed by atoms with van der Waals surface area (Å²) < 4.78 is 5.25. The van der Waals surface area contributed by atoms with Crippen molar-refractivity contribution in [3.63, 3.8) is 0 Å². The number of hydrogen-bond donors (Lipinski definition) is 2. The fraction of sp³-hybridized carbons (Fsp3) is 0.444. The number of aromatic nitrogens is 1. The minimum atomic E-state index is 0.703. The van der Waals surface area contributed by atoms with Crippen LogP contribution >= 0.6 is 11.3 Å². The average Bonchev–Trinajstić information content (AvgIpc) is 2.92. The number of nitrogens with zero attached hydrogens (tertiary/aromatic N) is 2. The van der Waals surface area contributed by atoms with Gasteiger partial charge in [-0.1, -0.05) is 12.1 Å². The van der Waals surface area contributed by atoms with Crippen molar-refractivity contribution in [2.24, 2.45) is 4.99 Å². The van der Waals surface area contributed by atoms with Crippen molar-refractivity contribution in [2.45, 2.75) is 33.2 Å². The molecule has 0 saturated heterocycles. The van der Waals surface area contributed by atoms with E-state index >= 15 is 0 Å². The second-order valence-electron chi connectivity index (χ2n) is 5.56. The molecule has 0 bridgehead atoms. The molecular weight excluding hydrogens is 320 g/mol. The molecule has 0 aliphatic carbocycles. The van der Waals surface area contributed by atoms with Crippen LogP contribution in [0.5, 0.6) is 5.75 Å². The summed E-state index contributed by atoms with van der Waals surface area (Å²) in [6, 6.07) is 8.21. The molecule has 0 amide bonds. The number of rotatable bonds is 7. The Balaban J connectivity index is 1.71. The molecule has 0 saturated carbocycles. The van der Waals surface area contributed by atoms with Gasteiger partial charge < -0.3 is 15.4 Å². The summed E-state index contributed by atoms with van der Waals surface area (Å²) in [4.78, 5) is 10.1. The normalized spacial score (nSPS) is 11.4. The highest BCUT2D eigenvalue weighted by Crippen LogP contribution is 2.16. The first kappa shape index (κ1) is 18.3. The highest BCUT2D eigenvalue weighted by molar-refractivity contribution is 7.11. The zero-order valence-corrected chi connectivity index (χ0v) is 15.7. The Morgan fingerprint density at radius 1 is 1.29 bits per heavy atom. The molecule has 2 aromatic rings. The van der Waals surface area contributed by atoms with Gasteiger partial charge in [-0.15, -0.1) is 11.3 Å². The summed E-state index contributed by atoms with van der Waals surface area (Å²) in [5.41, 5.74) is 2.39. The number of ether oxygens (including phenoxy) is 1. The fourth-order valence-electron chi connectivity index (χ4n) is 2.32. The van der Waals surface area contributed by atoms with Gasteiger partial charge in [0.05, 0.1) is 19.3 Å². The van der Waals surface area contributed by atoms with E-state index in [2.05, 4.69) is 39.7 Å². The number of thiazole rings is 1. The van der Waals surface area contributed by atoms with Crippen molar-refractivity contribution < 1.29 is 4.74 Å². The zero-order chi connectivity index (χ0) is 17.4. The highest BCUT2D eigenvalue weighted by Gasteiger charge is 2.04. The van der Waals surface area contributed by atoms with Gasteiger partial charge in [-0.3, -0.25) is 4.99 Å². The Hall–Kier alpha value is -2.08. The van der Waals surface area contributed by atoms with Crippen molar-refractivity contribution >= 4 is 17.3 Å². The third kappa shape index (κ3) is 5.53. The van der Waals surface area contributed by atoms with Gasteiger partial charge in [-0.25, -0.2) is 4.98 Å². The molecule has 6 heteroatoms. The predicted octanol–water partition coefficient (Wildman–Crippen LogP) is 3.07. The molecule has 0 atom stereocenters. The number of hydrogen-bond acceptors (Lipinski definition) is 4. The molecule has 1 aromatic heterocycles. The highest BCUT2D eigenvalue weighted by atomic mass is 32.1. The molecule has 0 unspecified atom stereocenters. The summed E-state index contributed by atoms with van der Waals surface area (Å²) >= 11 is 1.73. The van der Waals surface area contributed by atoms with Crippen LogP contribution in [0.15, 0.2) is 29.3 Å². The van der Waals surface area contributed by atoms with Crippen LogP contribution in [0.3, 0.4) is 0 Å². The Kier molecular flexibility index (Phi) is 7.06. The van der Waals surface area contributed by atoms with Gasteiger partial charge in [0.1, 0.15) is 10.8 Å². The van der Waals surface area contributed by atoms with Crippen LogP contribution in [0, 0.1) is 13.8 Å². The fourth-order valence-corrected chi connectivity index (χ4v) is 3.20. The maximum atomic E-state index is 5.25. The molecule has 2 rings (SSSR count). The van der Waals surface area contributed by atoms with Crippen LogP contribution in [0.1, 0.15) is 27.6 Å². The Bertz CT molecular complexity index is 662. The van der Waals surface area contributed by atoms with Crippen LogP contribution < -0.4 is 15.4 Å². The first-order chi connectivity index (χ1) is 11.6. The first-order valence-corrected chi connectivity index (χ1v) is 8.94. The lowest BCUT2D eigenvalue weighted by Crippen LogP contribution is -2.37. The van der Waals surface area contributed by atoms with E-state index in [0.29, 0.717) is 6.54 Å². The van der Waals surface area contributed by atoms with Crippen molar-refractivity contribution in [3.05, 3.63) is 45.4 Å². The van der Waals surface area contributed by atoms with Crippen molar-refractivity contribution in [1.82, 2.24) is 15.6 Å². The minimum Gasteiger partial charge on any atom is -0.497 e. The largest absolute Gasteiger partial charge is 0.497 e.